The lowest BCUT2D eigenvalue weighted by Crippen LogP contribution is -2.28. The number of carbonyl (C=O) groups is 4. The van der Waals surface area contributed by atoms with Crippen molar-refractivity contribution in [2.75, 3.05) is 12.0 Å². The summed E-state index contributed by atoms with van der Waals surface area (Å²) in [6.07, 6.45) is 0.324. The number of aryl methyl sites for hydroxylation is 2. The van der Waals surface area contributed by atoms with Gasteiger partial charge in [0.05, 0.1) is 23.0 Å². The highest BCUT2D eigenvalue weighted by molar-refractivity contribution is 7.16. The molecule has 0 spiro atoms. The topological polar surface area (TPSA) is 98.0 Å². The van der Waals surface area contributed by atoms with Gasteiger partial charge in [-0.25, -0.2) is 0 Å². The van der Waals surface area contributed by atoms with Crippen molar-refractivity contribution in [2.24, 2.45) is 4.99 Å². The van der Waals surface area contributed by atoms with E-state index in [-0.39, 0.29) is 36.8 Å². The molecular formula is C23H21N3O5S. The first-order valence-corrected chi connectivity index (χ1v) is 10.8. The molecule has 4 rings (SSSR count). The highest BCUT2D eigenvalue weighted by atomic mass is 32.1. The Balaban J connectivity index is 1.80. The molecule has 0 unspecified atom stereocenters. The van der Waals surface area contributed by atoms with Crippen LogP contribution in [0.5, 0.6) is 0 Å². The Bertz CT molecular complexity index is 1340. The molecule has 0 radical (unpaired) electrons. The number of benzene rings is 2. The smallest absolute Gasteiger partial charge is 0.325 e. The van der Waals surface area contributed by atoms with Gasteiger partial charge >= 0.3 is 5.97 Å². The first kappa shape index (κ1) is 21.6. The van der Waals surface area contributed by atoms with E-state index in [9.17, 15) is 19.2 Å². The zero-order valence-corrected chi connectivity index (χ0v) is 18.7. The minimum absolute atomic E-state index is 0.0810. The van der Waals surface area contributed by atoms with E-state index >= 15 is 0 Å². The lowest BCUT2D eigenvalue weighted by molar-refractivity contribution is -0.141. The number of hydrogen-bond donors (Lipinski definition) is 0. The van der Waals surface area contributed by atoms with Crippen molar-refractivity contribution in [1.29, 1.82) is 0 Å². The maximum absolute atomic E-state index is 13.0. The fourth-order valence-electron chi connectivity index (χ4n) is 3.74. The SMILES string of the molecule is COC(=O)Cn1c(=NC(=O)c2cccc(N3C(=O)CCC3=O)c2)sc2c(C)cc(C)cc21. The second-order valence-electron chi connectivity index (χ2n) is 7.57. The van der Waals surface area contributed by atoms with Gasteiger partial charge in [-0.1, -0.05) is 23.5 Å². The van der Waals surface area contributed by atoms with Gasteiger partial charge in [0.15, 0.2) is 4.80 Å². The Morgan fingerprint density at radius 2 is 1.81 bits per heavy atom. The number of anilines is 1. The van der Waals surface area contributed by atoms with E-state index in [0.717, 1.165) is 26.2 Å². The predicted octanol–water partition coefficient (Wildman–Crippen LogP) is 2.89. The van der Waals surface area contributed by atoms with Crippen molar-refractivity contribution in [3.63, 3.8) is 0 Å². The minimum Gasteiger partial charge on any atom is -0.468 e. The van der Waals surface area contributed by atoms with Gasteiger partial charge in [-0.15, -0.1) is 0 Å². The maximum atomic E-state index is 13.0. The summed E-state index contributed by atoms with van der Waals surface area (Å²) in [7, 11) is 1.31. The fraction of sp³-hybridized carbons (Fsp3) is 0.261. The quantitative estimate of drug-likeness (QED) is 0.449. The molecule has 0 bridgehead atoms. The summed E-state index contributed by atoms with van der Waals surface area (Å²) in [6.45, 7) is 3.84. The molecule has 3 aromatic rings. The largest absolute Gasteiger partial charge is 0.468 e. The van der Waals surface area contributed by atoms with E-state index in [1.807, 2.05) is 26.0 Å². The van der Waals surface area contributed by atoms with Crippen LogP contribution in [0, 0.1) is 13.8 Å². The number of thiazole rings is 1. The Labute approximate surface area is 187 Å². The van der Waals surface area contributed by atoms with Crippen molar-refractivity contribution in [3.8, 4) is 0 Å². The zero-order valence-electron chi connectivity index (χ0n) is 17.9. The highest BCUT2D eigenvalue weighted by Crippen LogP contribution is 2.25. The van der Waals surface area contributed by atoms with E-state index < -0.39 is 11.9 Å². The van der Waals surface area contributed by atoms with Gasteiger partial charge in [0.1, 0.15) is 6.54 Å². The van der Waals surface area contributed by atoms with E-state index in [1.54, 1.807) is 22.8 Å². The summed E-state index contributed by atoms with van der Waals surface area (Å²) in [4.78, 5) is 54.8. The Hall–Kier alpha value is -3.59. The van der Waals surface area contributed by atoms with Gasteiger partial charge in [-0.2, -0.15) is 4.99 Å². The molecule has 1 aliphatic heterocycles. The van der Waals surface area contributed by atoms with E-state index in [0.29, 0.717) is 10.5 Å². The fourth-order valence-corrected chi connectivity index (χ4v) is 4.82. The lowest BCUT2D eigenvalue weighted by atomic mass is 10.1. The van der Waals surface area contributed by atoms with Crippen LogP contribution in [0.3, 0.4) is 0 Å². The molecule has 1 fully saturated rings. The second-order valence-corrected chi connectivity index (χ2v) is 8.54. The first-order valence-electron chi connectivity index (χ1n) is 10.0. The number of methoxy groups -OCH3 is 1. The third-order valence-electron chi connectivity index (χ3n) is 5.23. The Morgan fingerprint density at radius 1 is 1.09 bits per heavy atom. The molecule has 1 aromatic heterocycles. The molecular weight excluding hydrogens is 430 g/mol. The maximum Gasteiger partial charge on any atom is 0.325 e. The number of carbonyl (C=O) groups excluding carboxylic acids is 4. The summed E-state index contributed by atoms with van der Waals surface area (Å²) >= 11 is 1.31. The number of nitrogens with zero attached hydrogens (tertiary/aromatic N) is 3. The standard InChI is InChI=1S/C23H21N3O5S/c1-13-9-14(2)21-17(10-13)25(12-20(29)31-3)23(32-21)24-22(30)15-5-4-6-16(11-15)26-18(27)7-8-19(26)28/h4-6,9-11H,7-8,12H2,1-3H3. The average molecular weight is 452 g/mol. The third-order valence-corrected chi connectivity index (χ3v) is 6.46. The van der Waals surface area contributed by atoms with E-state index in [4.69, 9.17) is 4.74 Å². The van der Waals surface area contributed by atoms with Crippen LogP contribution in [0.25, 0.3) is 10.2 Å². The Kier molecular flexibility index (Phi) is 5.75. The van der Waals surface area contributed by atoms with Gasteiger partial charge in [-0.05, 0) is 49.2 Å². The summed E-state index contributed by atoms with van der Waals surface area (Å²) < 4.78 is 7.41. The van der Waals surface area contributed by atoms with Gasteiger partial charge in [0, 0.05) is 18.4 Å². The van der Waals surface area contributed by atoms with E-state index in [1.165, 1.54) is 24.5 Å². The molecule has 32 heavy (non-hydrogen) atoms. The lowest BCUT2D eigenvalue weighted by Gasteiger charge is -2.14. The number of fused-ring (bicyclic) bond motifs is 1. The second kappa shape index (κ2) is 8.51. The van der Waals surface area contributed by atoms with Crippen LogP contribution in [-0.2, 0) is 25.7 Å². The predicted molar refractivity (Wildman–Crippen MR) is 119 cm³/mol. The van der Waals surface area contributed by atoms with Gasteiger partial charge < -0.3 is 9.30 Å². The molecule has 0 saturated carbocycles. The molecule has 1 saturated heterocycles. The van der Waals surface area contributed by atoms with Crippen molar-refractivity contribution >= 4 is 50.9 Å². The molecule has 164 valence electrons. The average Bonchev–Trinajstić information content (AvgIpc) is 3.27. The molecule has 8 nitrogen and oxygen atoms in total. The zero-order chi connectivity index (χ0) is 23.0. The number of ether oxygens (including phenoxy) is 1. The summed E-state index contributed by atoms with van der Waals surface area (Å²) in [5.74, 6) is -1.57. The number of hydrogen-bond acceptors (Lipinski definition) is 6. The third kappa shape index (κ3) is 3.99. The van der Waals surface area contributed by atoms with Crippen LogP contribution in [0.2, 0.25) is 0 Å². The number of aromatic nitrogens is 1. The van der Waals surface area contributed by atoms with Crippen LogP contribution in [0.4, 0.5) is 5.69 Å². The number of rotatable bonds is 4. The number of amides is 3. The normalized spacial score (nSPS) is 14.5. The summed E-state index contributed by atoms with van der Waals surface area (Å²) in [6, 6.07) is 10.3. The van der Waals surface area contributed by atoms with Crippen LogP contribution < -0.4 is 9.70 Å². The van der Waals surface area contributed by atoms with Crippen molar-refractivity contribution < 1.29 is 23.9 Å². The van der Waals surface area contributed by atoms with Gasteiger partial charge in [0.25, 0.3) is 5.91 Å². The van der Waals surface area contributed by atoms with Gasteiger partial charge in [0.2, 0.25) is 11.8 Å². The van der Waals surface area contributed by atoms with Crippen molar-refractivity contribution in [2.45, 2.75) is 33.2 Å². The van der Waals surface area contributed by atoms with Crippen molar-refractivity contribution in [3.05, 3.63) is 57.9 Å². The number of esters is 1. The Morgan fingerprint density at radius 3 is 2.50 bits per heavy atom. The number of imide groups is 1. The van der Waals surface area contributed by atoms with Crippen LogP contribution in [-0.4, -0.2) is 35.4 Å². The molecule has 2 heterocycles. The monoisotopic (exact) mass is 451 g/mol. The minimum atomic E-state index is -0.537. The molecule has 9 heteroatoms. The molecule has 1 aliphatic rings. The van der Waals surface area contributed by atoms with Gasteiger partial charge in [-0.3, -0.25) is 24.1 Å². The molecule has 3 amide bonds. The van der Waals surface area contributed by atoms with Crippen LogP contribution >= 0.6 is 11.3 Å². The van der Waals surface area contributed by atoms with Crippen LogP contribution in [0.15, 0.2) is 41.4 Å². The van der Waals surface area contributed by atoms with Crippen LogP contribution in [0.1, 0.15) is 34.3 Å². The summed E-state index contributed by atoms with van der Waals surface area (Å²) in [5.41, 5.74) is 3.43. The molecule has 0 atom stereocenters. The van der Waals surface area contributed by atoms with Crippen molar-refractivity contribution in [1.82, 2.24) is 4.57 Å². The molecule has 0 N–H and O–H groups in total. The molecule has 2 aromatic carbocycles. The summed E-state index contributed by atoms with van der Waals surface area (Å²) in [5, 5.41) is 0. The molecule has 0 aliphatic carbocycles. The first-order chi connectivity index (χ1) is 15.3. The highest BCUT2D eigenvalue weighted by Gasteiger charge is 2.30. The van der Waals surface area contributed by atoms with E-state index in [2.05, 4.69) is 4.99 Å².